The lowest BCUT2D eigenvalue weighted by atomic mass is 9.90. The Morgan fingerprint density at radius 1 is 1.00 bits per heavy atom. The van der Waals surface area contributed by atoms with E-state index >= 15 is 0 Å². The molecule has 0 radical (unpaired) electrons. The van der Waals surface area contributed by atoms with Crippen LogP contribution >= 0.6 is 0 Å². The van der Waals surface area contributed by atoms with Gasteiger partial charge in [-0.05, 0) is 23.6 Å². The van der Waals surface area contributed by atoms with Crippen LogP contribution in [0.1, 0.15) is 12.5 Å². The predicted octanol–water partition coefficient (Wildman–Crippen LogP) is 2.08. The van der Waals surface area contributed by atoms with E-state index in [0.717, 1.165) is 16.7 Å². The Labute approximate surface area is 135 Å². The number of hydrogen-bond acceptors (Lipinski definition) is 3. The SMILES string of the molecule is CC1(c2ccc(-c3ccccc3)cc2)NC(=O)N(CCN)C1=O. The third kappa shape index (κ3) is 2.59. The molecule has 2 aromatic carbocycles. The Kier molecular flexibility index (Phi) is 3.88. The monoisotopic (exact) mass is 309 g/mol. The predicted molar refractivity (Wildman–Crippen MR) is 88.5 cm³/mol. The lowest BCUT2D eigenvalue weighted by molar-refractivity contribution is -0.131. The topological polar surface area (TPSA) is 75.4 Å². The Balaban J connectivity index is 1.90. The van der Waals surface area contributed by atoms with Crippen molar-refractivity contribution < 1.29 is 9.59 Å². The number of carbonyl (C=O) groups is 2. The largest absolute Gasteiger partial charge is 0.329 e. The van der Waals surface area contributed by atoms with Gasteiger partial charge < -0.3 is 11.1 Å². The van der Waals surface area contributed by atoms with Crippen LogP contribution in [0.25, 0.3) is 11.1 Å². The molecule has 1 aliphatic heterocycles. The zero-order chi connectivity index (χ0) is 16.4. The van der Waals surface area contributed by atoms with Gasteiger partial charge in [0.2, 0.25) is 0 Å². The molecule has 1 fully saturated rings. The summed E-state index contributed by atoms with van der Waals surface area (Å²) >= 11 is 0. The van der Waals surface area contributed by atoms with Crippen molar-refractivity contribution in [2.45, 2.75) is 12.5 Å². The second-order valence-corrected chi connectivity index (χ2v) is 5.74. The molecule has 1 aliphatic rings. The number of benzene rings is 2. The van der Waals surface area contributed by atoms with Gasteiger partial charge in [-0.1, -0.05) is 54.6 Å². The normalized spacial score (nSPS) is 20.7. The van der Waals surface area contributed by atoms with E-state index in [4.69, 9.17) is 5.73 Å². The fourth-order valence-corrected chi connectivity index (χ4v) is 2.85. The molecule has 3 amide bonds. The first-order chi connectivity index (χ1) is 11.1. The zero-order valence-corrected chi connectivity index (χ0v) is 13.0. The molecule has 1 unspecified atom stereocenters. The molecule has 5 heteroatoms. The maximum Gasteiger partial charge on any atom is 0.325 e. The minimum absolute atomic E-state index is 0.225. The fourth-order valence-electron chi connectivity index (χ4n) is 2.85. The van der Waals surface area contributed by atoms with E-state index in [-0.39, 0.29) is 19.0 Å². The lowest BCUT2D eigenvalue weighted by Gasteiger charge is -2.22. The Morgan fingerprint density at radius 3 is 2.22 bits per heavy atom. The van der Waals surface area contributed by atoms with E-state index in [1.807, 2.05) is 54.6 Å². The highest BCUT2D eigenvalue weighted by molar-refractivity contribution is 6.07. The third-order valence-corrected chi connectivity index (χ3v) is 4.20. The number of rotatable bonds is 4. The molecule has 118 valence electrons. The van der Waals surface area contributed by atoms with Crippen LogP contribution in [0.15, 0.2) is 54.6 Å². The standard InChI is InChI=1S/C18H19N3O2/c1-18(16(22)21(12-11-19)17(23)20-18)15-9-7-14(8-10-15)13-5-3-2-4-6-13/h2-10H,11-12,19H2,1H3,(H,20,23). The Morgan fingerprint density at radius 2 is 1.61 bits per heavy atom. The molecule has 0 bridgehead atoms. The minimum atomic E-state index is -1.04. The lowest BCUT2D eigenvalue weighted by Crippen LogP contribution is -2.41. The van der Waals surface area contributed by atoms with Crippen molar-refractivity contribution in [2.75, 3.05) is 13.1 Å². The molecule has 1 saturated heterocycles. The van der Waals surface area contributed by atoms with Crippen molar-refractivity contribution >= 4 is 11.9 Å². The molecule has 0 saturated carbocycles. The molecular weight excluding hydrogens is 290 g/mol. The molecule has 1 heterocycles. The minimum Gasteiger partial charge on any atom is -0.329 e. The number of imide groups is 1. The molecule has 2 aromatic rings. The highest BCUT2D eigenvalue weighted by Gasteiger charge is 2.48. The average molecular weight is 309 g/mol. The van der Waals surface area contributed by atoms with Gasteiger partial charge in [0.05, 0.1) is 0 Å². The highest BCUT2D eigenvalue weighted by atomic mass is 16.2. The number of nitrogens with one attached hydrogen (secondary N) is 1. The maximum atomic E-state index is 12.6. The van der Waals surface area contributed by atoms with Crippen LogP contribution in [0.2, 0.25) is 0 Å². The number of carbonyl (C=O) groups excluding carboxylic acids is 2. The number of hydrogen-bond donors (Lipinski definition) is 2. The van der Waals surface area contributed by atoms with Crippen LogP contribution in [0.5, 0.6) is 0 Å². The van der Waals surface area contributed by atoms with Crippen LogP contribution in [-0.4, -0.2) is 29.9 Å². The van der Waals surface area contributed by atoms with Crippen LogP contribution in [0.4, 0.5) is 4.79 Å². The number of nitrogens with zero attached hydrogens (tertiary/aromatic N) is 1. The van der Waals surface area contributed by atoms with Crippen molar-refractivity contribution in [1.29, 1.82) is 0 Å². The van der Waals surface area contributed by atoms with Gasteiger partial charge in [-0.25, -0.2) is 4.79 Å². The van der Waals surface area contributed by atoms with E-state index in [1.165, 1.54) is 4.90 Å². The van der Waals surface area contributed by atoms with Crippen LogP contribution in [-0.2, 0) is 10.3 Å². The molecule has 0 spiro atoms. The van der Waals surface area contributed by atoms with Crippen LogP contribution < -0.4 is 11.1 Å². The van der Waals surface area contributed by atoms with Crippen LogP contribution in [0.3, 0.4) is 0 Å². The van der Waals surface area contributed by atoms with Crippen molar-refractivity contribution in [3.05, 3.63) is 60.2 Å². The van der Waals surface area contributed by atoms with Crippen molar-refractivity contribution in [3.8, 4) is 11.1 Å². The first-order valence-corrected chi connectivity index (χ1v) is 7.56. The van der Waals surface area contributed by atoms with Gasteiger partial charge in [0.15, 0.2) is 0 Å². The summed E-state index contributed by atoms with van der Waals surface area (Å²) in [4.78, 5) is 25.7. The quantitative estimate of drug-likeness (QED) is 0.849. The van der Waals surface area contributed by atoms with E-state index in [0.29, 0.717) is 0 Å². The number of urea groups is 1. The second kappa shape index (κ2) is 5.85. The third-order valence-electron chi connectivity index (χ3n) is 4.20. The van der Waals surface area contributed by atoms with E-state index in [9.17, 15) is 9.59 Å². The Hall–Kier alpha value is -2.66. The van der Waals surface area contributed by atoms with E-state index in [1.54, 1.807) is 6.92 Å². The first-order valence-electron chi connectivity index (χ1n) is 7.56. The molecule has 3 rings (SSSR count). The maximum absolute atomic E-state index is 12.6. The van der Waals surface area contributed by atoms with Gasteiger partial charge in [-0.3, -0.25) is 9.69 Å². The van der Waals surface area contributed by atoms with E-state index in [2.05, 4.69) is 5.32 Å². The molecule has 0 aliphatic carbocycles. The van der Waals surface area contributed by atoms with Crippen molar-refractivity contribution in [1.82, 2.24) is 10.2 Å². The second-order valence-electron chi connectivity index (χ2n) is 5.74. The molecular formula is C18H19N3O2. The Bertz CT molecular complexity index is 728. The molecule has 3 N–H and O–H groups in total. The highest BCUT2D eigenvalue weighted by Crippen LogP contribution is 2.30. The summed E-state index contributed by atoms with van der Waals surface area (Å²) < 4.78 is 0. The summed E-state index contributed by atoms with van der Waals surface area (Å²) in [6.07, 6.45) is 0. The number of nitrogens with two attached hydrogens (primary N) is 1. The average Bonchev–Trinajstić information content (AvgIpc) is 2.80. The molecule has 5 nitrogen and oxygen atoms in total. The fraction of sp³-hybridized carbons (Fsp3) is 0.222. The van der Waals surface area contributed by atoms with Gasteiger partial charge in [-0.2, -0.15) is 0 Å². The smallest absolute Gasteiger partial charge is 0.325 e. The molecule has 23 heavy (non-hydrogen) atoms. The first kappa shape index (κ1) is 15.2. The van der Waals surface area contributed by atoms with Gasteiger partial charge in [0, 0.05) is 13.1 Å². The summed E-state index contributed by atoms with van der Waals surface area (Å²) in [7, 11) is 0. The van der Waals surface area contributed by atoms with Crippen molar-refractivity contribution in [2.24, 2.45) is 5.73 Å². The van der Waals surface area contributed by atoms with E-state index < -0.39 is 11.6 Å². The molecule has 1 atom stereocenters. The summed E-state index contributed by atoms with van der Waals surface area (Å²) in [5, 5.41) is 2.77. The summed E-state index contributed by atoms with van der Waals surface area (Å²) in [5.41, 5.74) is 7.36. The van der Waals surface area contributed by atoms with Gasteiger partial charge in [0.25, 0.3) is 5.91 Å². The van der Waals surface area contributed by atoms with Crippen LogP contribution in [0, 0.1) is 0 Å². The zero-order valence-electron chi connectivity index (χ0n) is 13.0. The summed E-state index contributed by atoms with van der Waals surface area (Å²) in [6, 6.07) is 17.3. The summed E-state index contributed by atoms with van der Waals surface area (Å²) in [6.45, 7) is 2.20. The summed E-state index contributed by atoms with van der Waals surface area (Å²) in [5.74, 6) is -0.264. The number of amides is 3. The van der Waals surface area contributed by atoms with Gasteiger partial charge in [0.1, 0.15) is 5.54 Å². The van der Waals surface area contributed by atoms with Gasteiger partial charge in [-0.15, -0.1) is 0 Å². The van der Waals surface area contributed by atoms with Crippen molar-refractivity contribution in [3.63, 3.8) is 0 Å². The van der Waals surface area contributed by atoms with Gasteiger partial charge >= 0.3 is 6.03 Å². The molecule has 0 aromatic heterocycles.